The molecule has 1 rings (SSSR count). The van der Waals surface area contributed by atoms with Crippen LogP contribution in [0.3, 0.4) is 0 Å². The maximum absolute atomic E-state index is 12.3. The molecule has 0 atom stereocenters. The van der Waals surface area contributed by atoms with Crippen molar-refractivity contribution < 1.29 is 8.42 Å². The highest BCUT2D eigenvalue weighted by Gasteiger charge is 2.24. The summed E-state index contributed by atoms with van der Waals surface area (Å²) in [5, 5.41) is -0.107. The summed E-state index contributed by atoms with van der Waals surface area (Å²) in [4.78, 5) is 0.219. The van der Waals surface area contributed by atoms with E-state index < -0.39 is 10.0 Å². The van der Waals surface area contributed by atoms with E-state index in [1.165, 1.54) is 0 Å². The number of nitrogens with zero attached hydrogens (tertiary/aromatic N) is 1. The number of nitrogens with two attached hydrogens (primary N) is 1. The highest BCUT2D eigenvalue weighted by Crippen LogP contribution is 2.16. The summed E-state index contributed by atoms with van der Waals surface area (Å²) in [6.45, 7) is 4.21. The Morgan fingerprint density at radius 3 is 2.33 bits per heavy atom. The Balaban J connectivity index is 3.09. The van der Waals surface area contributed by atoms with Crippen molar-refractivity contribution in [2.24, 2.45) is 5.73 Å². The third-order valence-corrected chi connectivity index (χ3v) is 4.73. The zero-order valence-electron chi connectivity index (χ0n) is 10.6. The monoisotopic (exact) mass is 286 g/mol. The van der Waals surface area contributed by atoms with Crippen LogP contribution in [-0.2, 0) is 10.0 Å². The third-order valence-electron chi connectivity index (χ3n) is 2.57. The molecule has 0 aliphatic heterocycles. The zero-order chi connectivity index (χ0) is 13.8. The molecule has 0 aliphatic rings. The molecule has 18 heavy (non-hydrogen) atoms. The number of unbranched alkanes of at least 4 members (excludes halogenated alkanes) is 1. The molecule has 0 bridgehead atoms. The molecule has 0 radical (unpaired) electrons. The average Bonchev–Trinajstić information content (AvgIpc) is 2.29. The minimum atomic E-state index is -3.62. The number of aryl methyl sites for hydroxylation is 1. The van der Waals surface area contributed by atoms with Gasteiger partial charge in [0.25, 0.3) is 10.0 Å². The molecule has 0 spiro atoms. The second-order valence-corrected chi connectivity index (χ2v) is 6.36. The van der Waals surface area contributed by atoms with Gasteiger partial charge in [-0.2, -0.15) is 0 Å². The molecule has 0 unspecified atom stereocenters. The topological polar surface area (TPSA) is 63.4 Å². The predicted molar refractivity (Wildman–Crippen MR) is 76.8 cm³/mol. The summed E-state index contributed by atoms with van der Waals surface area (Å²) in [6, 6.07) is 6.65. The first-order chi connectivity index (χ1) is 8.39. The lowest BCUT2D eigenvalue weighted by atomic mass is 10.2. The molecule has 0 amide bonds. The molecule has 0 saturated heterocycles. The second-order valence-electron chi connectivity index (χ2n) is 4.08. The fourth-order valence-electron chi connectivity index (χ4n) is 1.49. The smallest absolute Gasteiger partial charge is 0.266 e. The Morgan fingerprint density at radius 1 is 1.33 bits per heavy atom. The van der Waals surface area contributed by atoms with Crippen molar-refractivity contribution >= 4 is 27.4 Å². The molecular formula is C12H18N2O2S2. The number of rotatable bonds is 5. The fraction of sp³-hybridized carbons (Fsp3) is 0.417. The molecule has 0 heterocycles. The van der Waals surface area contributed by atoms with Crippen molar-refractivity contribution in [2.45, 2.75) is 31.6 Å². The van der Waals surface area contributed by atoms with Crippen molar-refractivity contribution in [1.29, 1.82) is 0 Å². The van der Waals surface area contributed by atoms with Crippen molar-refractivity contribution in [3.05, 3.63) is 29.8 Å². The van der Waals surface area contributed by atoms with Crippen LogP contribution in [0.25, 0.3) is 0 Å². The van der Waals surface area contributed by atoms with E-state index >= 15 is 0 Å². The molecule has 0 aliphatic carbocycles. The van der Waals surface area contributed by atoms with Gasteiger partial charge in [-0.1, -0.05) is 31.0 Å². The SMILES string of the molecule is CCCCN(C(N)=S)S(=O)(=O)c1ccc(C)cc1. The molecule has 100 valence electrons. The van der Waals surface area contributed by atoms with Crippen LogP contribution in [0.15, 0.2) is 29.2 Å². The maximum Gasteiger partial charge on any atom is 0.266 e. The second kappa shape index (κ2) is 6.15. The first-order valence-electron chi connectivity index (χ1n) is 5.78. The summed E-state index contributed by atoms with van der Waals surface area (Å²) in [7, 11) is -3.62. The summed E-state index contributed by atoms with van der Waals surface area (Å²) < 4.78 is 25.8. The zero-order valence-corrected chi connectivity index (χ0v) is 12.2. The highest BCUT2D eigenvalue weighted by atomic mass is 32.2. The van der Waals surface area contributed by atoms with E-state index in [-0.39, 0.29) is 10.0 Å². The summed E-state index contributed by atoms with van der Waals surface area (Å²) in [6.07, 6.45) is 1.60. The van der Waals surface area contributed by atoms with Gasteiger partial charge in [0.2, 0.25) is 0 Å². The molecule has 0 saturated carbocycles. The van der Waals surface area contributed by atoms with Gasteiger partial charge in [0.1, 0.15) is 0 Å². The van der Waals surface area contributed by atoms with Crippen molar-refractivity contribution in [3.8, 4) is 0 Å². The van der Waals surface area contributed by atoms with Crippen molar-refractivity contribution in [3.63, 3.8) is 0 Å². The standard InChI is InChI=1S/C12H18N2O2S2/c1-3-4-9-14(12(13)17)18(15,16)11-7-5-10(2)6-8-11/h5-8H,3-4,9H2,1-2H3,(H2,13,17). The van der Waals surface area contributed by atoms with E-state index in [1.807, 2.05) is 13.8 Å². The minimum Gasteiger partial charge on any atom is -0.375 e. The number of hydrogen-bond acceptors (Lipinski definition) is 3. The molecule has 4 nitrogen and oxygen atoms in total. The lowest BCUT2D eigenvalue weighted by molar-refractivity contribution is 0.511. The Kier molecular flexibility index (Phi) is 5.10. The van der Waals surface area contributed by atoms with Gasteiger partial charge in [-0.15, -0.1) is 0 Å². The number of benzene rings is 1. The van der Waals surface area contributed by atoms with Crippen LogP contribution in [0.1, 0.15) is 25.3 Å². The van der Waals surface area contributed by atoms with Gasteiger partial charge in [-0.25, -0.2) is 12.7 Å². The van der Waals surface area contributed by atoms with Crippen LogP contribution in [0.2, 0.25) is 0 Å². The lowest BCUT2D eigenvalue weighted by Crippen LogP contribution is -2.41. The quantitative estimate of drug-likeness (QED) is 0.841. The molecule has 1 aromatic carbocycles. The van der Waals surface area contributed by atoms with Gasteiger partial charge in [0.05, 0.1) is 4.90 Å². The van der Waals surface area contributed by atoms with Crippen LogP contribution >= 0.6 is 12.2 Å². The predicted octanol–water partition coefficient (Wildman–Crippen LogP) is 2.03. The van der Waals surface area contributed by atoms with Gasteiger partial charge in [0.15, 0.2) is 5.11 Å². The molecule has 2 N–H and O–H groups in total. The normalized spacial score (nSPS) is 11.2. The molecule has 0 aromatic heterocycles. The van der Waals surface area contributed by atoms with Crippen LogP contribution < -0.4 is 5.73 Å². The third kappa shape index (κ3) is 3.43. The molecule has 6 heteroatoms. The number of hydrogen-bond donors (Lipinski definition) is 1. The fourth-order valence-corrected chi connectivity index (χ4v) is 3.21. The van der Waals surface area contributed by atoms with Gasteiger partial charge in [0, 0.05) is 6.54 Å². The summed E-state index contributed by atoms with van der Waals surface area (Å²) in [5.41, 5.74) is 6.51. The first kappa shape index (κ1) is 14.9. The van der Waals surface area contributed by atoms with Crippen molar-refractivity contribution in [2.75, 3.05) is 6.54 Å². The molecular weight excluding hydrogens is 268 g/mol. The van der Waals surface area contributed by atoms with Crippen LogP contribution in [-0.4, -0.2) is 24.4 Å². The number of thiocarbonyl (C=S) groups is 1. The Hall–Kier alpha value is -1.14. The van der Waals surface area contributed by atoms with E-state index in [9.17, 15) is 8.42 Å². The van der Waals surface area contributed by atoms with Gasteiger partial charge < -0.3 is 5.73 Å². The average molecular weight is 286 g/mol. The summed E-state index contributed by atoms with van der Waals surface area (Å²) >= 11 is 4.83. The van der Waals surface area contributed by atoms with E-state index in [1.54, 1.807) is 24.3 Å². The molecule has 1 aromatic rings. The summed E-state index contributed by atoms with van der Waals surface area (Å²) in [5.74, 6) is 0. The van der Waals surface area contributed by atoms with E-state index in [0.717, 1.165) is 22.7 Å². The Morgan fingerprint density at radius 2 is 1.89 bits per heavy atom. The molecule has 0 fully saturated rings. The van der Waals surface area contributed by atoms with Gasteiger partial charge in [-0.05, 0) is 37.7 Å². The van der Waals surface area contributed by atoms with Crippen LogP contribution in [0.4, 0.5) is 0 Å². The van der Waals surface area contributed by atoms with Crippen molar-refractivity contribution in [1.82, 2.24) is 4.31 Å². The van der Waals surface area contributed by atoms with E-state index in [0.29, 0.717) is 6.54 Å². The van der Waals surface area contributed by atoms with E-state index in [4.69, 9.17) is 18.0 Å². The highest BCUT2D eigenvalue weighted by molar-refractivity contribution is 7.91. The van der Waals surface area contributed by atoms with Gasteiger partial charge >= 0.3 is 0 Å². The Bertz CT molecular complexity index is 509. The maximum atomic E-state index is 12.3. The number of sulfonamides is 1. The largest absolute Gasteiger partial charge is 0.375 e. The Labute approximate surface area is 114 Å². The minimum absolute atomic E-state index is 0.107. The first-order valence-corrected chi connectivity index (χ1v) is 7.63. The van der Waals surface area contributed by atoms with Crippen LogP contribution in [0, 0.1) is 6.92 Å². The van der Waals surface area contributed by atoms with Gasteiger partial charge in [-0.3, -0.25) is 0 Å². The lowest BCUT2D eigenvalue weighted by Gasteiger charge is -2.22. The van der Waals surface area contributed by atoms with E-state index in [2.05, 4.69) is 0 Å². The van der Waals surface area contributed by atoms with Crippen LogP contribution in [0.5, 0.6) is 0 Å².